The van der Waals surface area contributed by atoms with Crippen molar-refractivity contribution < 1.29 is 9.50 Å². The Morgan fingerprint density at radius 3 is 2.41 bits per heavy atom. The van der Waals surface area contributed by atoms with Gasteiger partial charge in [0.2, 0.25) is 0 Å². The molecule has 0 aliphatic heterocycles. The van der Waals surface area contributed by atoms with Gasteiger partial charge in [-0.2, -0.15) is 0 Å². The maximum atomic E-state index is 15.2. The van der Waals surface area contributed by atoms with Gasteiger partial charge in [0.1, 0.15) is 22.8 Å². The maximum Gasteiger partial charge on any atom is 0.264 e. The minimum atomic E-state index is -1.19. The first kappa shape index (κ1) is 21.9. The number of nitrogens with zero attached hydrogens (tertiary/aromatic N) is 4. The third-order valence-corrected chi connectivity index (χ3v) is 5.63. The van der Waals surface area contributed by atoms with Gasteiger partial charge in [-0.05, 0) is 49.9 Å². The average Bonchev–Trinajstić information content (AvgIpc) is 3.10. The van der Waals surface area contributed by atoms with Gasteiger partial charge in [-0.15, -0.1) is 0 Å². The largest absolute Gasteiger partial charge is 0.383 e. The number of aromatic nitrogens is 4. The van der Waals surface area contributed by atoms with Gasteiger partial charge in [0.05, 0.1) is 16.6 Å². The quantitative estimate of drug-likeness (QED) is 0.510. The summed E-state index contributed by atoms with van der Waals surface area (Å²) in [6.45, 7) is 9.20. The van der Waals surface area contributed by atoms with Crippen molar-refractivity contribution in [1.29, 1.82) is 0 Å². The fraction of sp³-hybridized carbons (Fsp3) is 0.320. The normalized spacial score (nSPS) is 12.2. The van der Waals surface area contributed by atoms with E-state index in [0.717, 1.165) is 16.8 Å². The first-order valence-electron chi connectivity index (χ1n) is 10.6. The molecule has 3 heterocycles. The summed E-state index contributed by atoms with van der Waals surface area (Å²) in [5.41, 5.74) is 1.84. The van der Waals surface area contributed by atoms with Crippen molar-refractivity contribution >= 4 is 10.9 Å². The van der Waals surface area contributed by atoms with Crippen LogP contribution in [-0.4, -0.2) is 24.2 Å². The van der Waals surface area contributed by atoms with Crippen LogP contribution in [0.3, 0.4) is 0 Å². The van der Waals surface area contributed by atoms with Crippen molar-refractivity contribution in [3.8, 4) is 17.1 Å². The number of hydrogen-bond donors (Lipinski definition) is 1. The summed E-state index contributed by atoms with van der Waals surface area (Å²) in [5.74, 6) is -0.185. The number of hydrogen-bond acceptors (Lipinski definition) is 4. The summed E-state index contributed by atoms with van der Waals surface area (Å²) in [6.07, 6.45) is 3.43. The molecule has 1 N–H and O–H groups in total. The Morgan fingerprint density at radius 1 is 1.12 bits per heavy atom. The van der Waals surface area contributed by atoms with Crippen molar-refractivity contribution in [2.45, 2.75) is 46.1 Å². The Labute approximate surface area is 186 Å². The third kappa shape index (κ3) is 3.62. The molecule has 4 rings (SSSR count). The molecule has 4 aromatic rings. The monoisotopic (exact) mass is 434 g/mol. The molecule has 0 unspecified atom stereocenters. The number of fused-ring (bicyclic) bond motifs is 1. The van der Waals surface area contributed by atoms with Crippen LogP contribution >= 0.6 is 0 Å². The number of halogens is 1. The van der Waals surface area contributed by atoms with Crippen molar-refractivity contribution in [2.75, 3.05) is 0 Å². The smallest absolute Gasteiger partial charge is 0.264 e. The topological polar surface area (TPSA) is 72.9 Å². The van der Waals surface area contributed by atoms with Crippen LogP contribution in [0.1, 0.15) is 50.6 Å². The molecule has 166 valence electrons. The standard InChI is InChI=1S/C25H27FN4O2/c1-14(2)17-12-30(20-10-8-7-9-15(20)3)23(31)16-11-18(26)22(28-21(16)17)19-13-29(6)24(27-19)25(4,5)32/h7-14,32H,1-6H3. The zero-order valence-electron chi connectivity index (χ0n) is 19.1. The van der Waals surface area contributed by atoms with Crippen LogP contribution in [0.15, 0.2) is 47.5 Å². The predicted molar refractivity (Wildman–Crippen MR) is 124 cm³/mol. The van der Waals surface area contributed by atoms with E-state index in [9.17, 15) is 9.90 Å². The molecule has 1 aromatic carbocycles. The number of aliphatic hydroxyl groups is 1. The van der Waals surface area contributed by atoms with Gasteiger partial charge in [-0.3, -0.25) is 9.36 Å². The van der Waals surface area contributed by atoms with Crippen molar-refractivity contribution in [3.05, 3.63) is 75.8 Å². The van der Waals surface area contributed by atoms with Crippen LogP contribution in [0.25, 0.3) is 28.0 Å². The SMILES string of the molecule is Cc1ccccc1-n1cc(C(C)C)c2nc(-c3cn(C)c(C(C)(C)O)n3)c(F)cc2c1=O. The number of rotatable bonds is 4. The lowest BCUT2D eigenvalue weighted by atomic mass is 10.0. The van der Waals surface area contributed by atoms with Crippen molar-refractivity contribution in [1.82, 2.24) is 19.1 Å². The van der Waals surface area contributed by atoms with E-state index in [-0.39, 0.29) is 22.6 Å². The highest BCUT2D eigenvalue weighted by Crippen LogP contribution is 2.30. The predicted octanol–water partition coefficient (Wildman–Crippen LogP) is 4.58. The lowest BCUT2D eigenvalue weighted by Crippen LogP contribution is -2.21. The fourth-order valence-electron chi connectivity index (χ4n) is 4.02. The Balaban J connectivity index is 2.01. The molecule has 0 saturated carbocycles. The third-order valence-electron chi connectivity index (χ3n) is 5.63. The Hall–Kier alpha value is -3.32. The van der Waals surface area contributed by atoms with Gasteiger partial charge in [0.25, 0.3) is 5.56 Å². The zero-order chi connectivity index (χ0) is 23.4. The van der Waals surface area contributed by atoms with Crippen LogP contribution < -0.4 is 5.56 Å². The molecule has 0 aliphatic carbocycles. The van der Waals surface area contributed by atoms with E-state index in [1.54, 1.807) is 42.4 Å². The number of para-hydroxylation sites is 1. The van der Waals surface area contributed by atoms with Gasteiger partial charge in [-0.1, -0.05) is 32.0 Å². The highest BCUT2D eigenvalue weighted by molar-refractivity contribution is 5.84. The molecule has 0 aliphatic rings. The summed E-state index contributed by atoms with van der Waals surface area (Å²) >= 11 is 0. The fourth-order valence-corrected chi connectivity index (χ4v) is 4.02. The molecule has 0 amide bonds. The minimum absolute atomic E-state index is 0.0508. The van der Waals surface area contributed by atoms with Gasteiger partial charge < -0.3 is 9.67 Å². The number of pyridine rings is 2. The molecule has 6 nitrogen and oxygen atoms in total. The van der Waals surface area contributed by atoms with Gasteiger partial charge in [0.15, 0.2) is 5.82 Å². The van der Waals surface area contributed by atoms with E-state index < -0.39 is 11.4 Å². The first-order valence-corrected chi connectivity index (χ1v) is 10.6. The number of aryl methyl sites for hydroxylation is 2. The van der Waals surface area contributed by atoms with Crippen LogP contribution in [-0.2, 0) is 12.6 Å². The van der Waals surface area contributed by atoms with E-state index in [1.165, 1.54) is 6.07 Å². The van der Waals surface area contributed by atoms with E-state index in [2.05, 4.69) is 9.97 Å². The molecule has 0 fully saturated rings. The van der Waals surface area contributed by atoms with Gasteiger partial charge in [0, 0.05) is 19.4 Å². The summed E-state index contributed by atoms with van der Waals surface area (Å²) < 4.78 is 18.5. The van der Waals surface area contributed by atoms with Crippen LogP contribution in [0.4, 0.5) is 4.39 Å². The molecule has 0 saturated heterocycles. The second-order valence-corrected chi connectivity index (χ2v) is 9.04. The Morgan fingerprint density at radius 2 is 1.81 bits per heavy atom. The van der Waals surface area contributed by atoms with Gasteiger partial charge >= 0.3 is 0 Å². The lowest BCUT2D eigenvalue weighted by molar-refractivity contribution is 0.0659. The van der Waals surface area contributed by atoms with Crippen molar-refractivity contribution in [2.24, 2.45) is 7.05 Å². The zero-order valence-corrected chi connectivity index (χ0v) is 19.1. The van der Waals surface area contributed by atoms with Crippen LogP contribution in [0.5, 0.6) is 0 Å². The number of imidazole rings is 1. The molecular weight excluding hydrogens is 407 g/mol. The molecule has 3 aromatic heterocycles. The summed E-state index contributed by atoms with van der Waals surface area (Å²) in [4.78, 5) is 22.3. The molecular formula is C25H27FN4O2. The summed E-state index contributed by atoms with van der Waals surface area (Å²) in [7, 11) is 1.74. The summed E-state index contributed by atoms with van der Waals surface area (Å²) in [5, 5.41) is 10.6. The van der Waals surface area contributed by atoms with Crippen LogP contribution in [0, 0.1) is 12.7 Å². The molecule has 0 bridgehead atoms. The van der Waals surface area contributed by atoms with Crippen molar-refractivity contribution in [3.63, 3.8) is 0 Å². The van der Waals surface area contributed by atoms with Gasteiger partial charge in [-0.25, -0.2) is 14.4 Å². The second kappa shape index (κ2) is 7.67. The van der Waals surface area contributed by atoms with E-state index in [1.807, 2.05) is 45.0 Å². The molecule has 7 heteroatoms. The maximum absolute atomic E-state index is 15.2. The Kier molecular flexibility index (Phi) is 5.25. The van der Waals surface area contributed by atoms with E-state index >= 15 is 4.39 Å². The minimum Gasteiger partial charge on any atom is -0.383 e. The second-order valence-electron chi connectivity index (χ2n) is 9.04. The van der Waals surface area contributed by atoms with E-state index in [0.29, 0.717) is 17.0 Å². The summed E-state index contributed by atoms with van der Waals surface area (Å²) in [6, 6.07) is 8.84. The lowest BCUT2D eigenvalue weighted by Gasteiger charge is -2.16. The number of benzene rings is 1. The Bertz CT molecular complexity index is 1390. The molecule has 0 radical (unpaired) electrons. The molecule has 32 heavy (non-hydrogen) atoms. The van der Waals surface area contributed by atoms with Crippen LogP contribution in [0.2, 0.25) is 0 Å². The molecule has 0 atom stereocenters. The highest BCUT2D eigenvalue weighted by Gasteiger charge is 2.25. The highest BCUT2D eigenvalue weighted by atomic mass is 19.1. The molecule has 0 spiro atoms. The average molecular weight is 435 g/mol. The van der Waals surface area contributed by atoms with E-state index in [4.69, 9.17) is 0 Å². The first-order chi connectivity index (χ1) is 15.0.